The predicted octanol–water partition coefficient (Wildman–Crippen LogP) is 4.01. The van der Waals surface area contributed by atoms with Crippen molar-refractivity contribution in [1.82, 2.24) is 15.0 Å². The molecular weight excluding hydrogens is 402 g/mol. The SMILES string of the molecule is CCOc1cc(OCc2ccc(S(C)(=O)=O)cc2)cc(-c2nc3ncccc3[nH]2)c1. The molecule has 7 nitrogen and oxygen atoms in total. The molecule has 0 amide bonds. The zero-order valence-corrected chi connectivity index (χ0v) is 17.4. The van der Waals surface area contributed by atoms with Crippen LogP contribution < -0.4 is 9.47 Å². The highest BCUT2D eigenvalue weighted by atomic mass is 32.2. The minimum Gasteiger partial charge on any atom is -0.494 e. The summed E-state index contributed by atoms with van der Waals surface area (Å²) in [7, 11) is -3.22. The van der Waals surface area contributed by atoms with Gasteiger partial charge in [0.25, 0.3) is 0 Å². The fourth-order valence-corrected chi connectivity index (χ4v) is 3.65. The molecule has 0 unspecified atom stereocenters. The van der Waals surface area contributed by atoms with E-state index in [4.69, 9.17) is 9.47 Å². The van der Waals surface area contributed by atoms with Crippen LogP contribution in [0.5, 0.6) is 11.5 Å². The molecule has 0 atom stereocenters. The number of nitrogens with one attached hydrogen (secondary N) is 1. The summed E-state index contributed by atoms with van der Waals surface area (Å²) >= 11 is 0. The summed E-state index contributed by atoms with van der Waals surface area (Å²) in [5.41, 5.74) is 3.17. The van der Waals surface area contributed by atoms with Crippen molar-refractivity contribution in [1.29, 1.82) is 0 Å². The van der Waals surface area contributed by atoms with E-state index in [0.717, 1.165) is 16.6 Å². The second-order valence-electron chi connectivity index (χ2n) is 6.79. The number of nitrogens with zero attached hydrogens (tertiary/aromatic N) is 2. The number of hydrogen-bond donors (Lipinski definition) is 1. The Morgan fingerprint density at radius 1 is 1.00 bits per heavy atom. The van der Waals surface area contributed by atoms with E-state index in [-0.39, 0.29) is 4.90 Å². The Balaban J connectivity index is 1.59. The van der Waals surface area contributed by atoms with Crippen LogP contribution in [0.4, 0.5) is 0 Å². The largest absolute Gasteiger partial charge is 0.494 e. The summed E-state index contributed by atoms with van der Waals surface area (Å²) in [5, 5.41) is 0. The molecule has 0 radical (unpaired) electrons. The zero-order chi connectivity index (χ0) is 21.1. The molecule has 4 aromatic rings. The second kappa shape index (κ2) is 8.16. The molecule has 4 rings (SSSR count). The Bertz CT molecular complexity index is 1250. The summed E-state index contributed by atoms with van der Waals surface area (Å²) in [6, 6.07) is 16.0. The number of ether oxygens (including phenoxy) is 2. The fourth-order valence-electron chi connectivity index (χ4n) is 3.02. The van der Waals surface area contributed by atoms with Crippen molar-refractivity contribution < 1.29 is 17.9 Å². The first kappa shape index (κ1) is 19.9. The summed E-state index contributed by atoms with van der Waals surface area (Å²) in [5.74, 6) is 1.97. The first-order valence-electron chi connectivity index (χ1n) is 9.43. The highest BCUT2D eigenvalue weighted by Gasteiger charge is 2.11. The smallest absolute Gasteiger partial charge is 0.178 e. The quantitative estimate of drug-likeness (QED) is 0.483. The molecule has 2 aromatic heterocycles. The summed E-state index contributed by atoms with van der Waals surface area (Å²) in [6.07, 6.45) is 2.89. The number of pyridine rings is 1. The number of sulfone groups is 1. The first-order valence-corrected chi connectivity index (χ1v) is 11.3. The number of imidazole rings is 1. The summed E-state index contributed by atoms with van der Waals surface area (Å²) in [6.45, 7) is 2.74. The Morgan fingerprint density at radius 2 is 1.73 bits per heavy atom. The van der Waals surface area contributed by atoms with Crippen LogP contribution in [0.15, 0.2) is 65.7 Å². The third-order valence-electron chi connectivity index (χ3n) is 4.48. The predicted molar refractivity (Wildman–Crippen MR) is 114 cm³/mol. The summed E-state index contributed by atoms with van der Waals surface area (Å²) < 4.78 is 34.8. The van der Waals surface area contributed by atoms with Gasteiger partial charge in [-0.1, -0.05) is 12.1 Å². The molecule has 2 aromatic carbocycles. The van der Waals surface area contributed by atoms with Crippen LogP contribution in [-0.4, -0.2) is 36.2 Å². The topological polar surface area (TPSA) is 94.2 Å². The monoisotopic (exact) mass is 423 g/mol. The molecule has 0 aliphatic rings. The number of aromatic amines is 1. The normalized spacial score (nSPS) is 11.5. The van der Waals surface area contributed by atoms with Crippen molar-refractivity contribution in [2.75, 3.05) is 12.9 Å². The highest BCUT2D eigenvalue weighted by Crippen LogP contribution is 2.30. The minimum absolute atomic E-state index is 0.283. The molecule has 2 heterocycles. The van der Waals surface area contributed by atoms with Gasteiger partial charge >= 0.3 is 0 Å². The maximum absolute atomic E-state index is 11.6. The average Bonchev–Trinajstić information content (AvgIpc) is 3.16. The second-order valence-corrected chi connectivity index (χ2v) is 8.81. The lowest BCUT2D eigenvalue weighted by atomic mass is 10.2. The van der Waals surface area contributed by atoms with E-state index < -0.39 is 9.84 Å². The molecule has 154 valence electrons. The van der Waals surface area contributed by atoms with Gasteiger partial charge < -0.3 is 14.5 Å². The Morgan fingerprint density at radius 3 is 2.40 bits per heavy atom. The Labute approximate surface area is 174 Å². The van der Waals surface area contributed by atoms with Gasteiger partial charge in [-0.25, -0.2) is 18.4 Å². The van der Waals surface area contributed by atoms with Crippen molar-refractivity contribution >= 4 is 21.0 Å². The van der Waals surface area contributed by atoms with Crippen LogP contribution in [0, 0.1) is 0 Å². The molecular formula is C22H21N3O4S. The molecule has 0 saturated heterocycles. The van der Waals surface area contributed by atoms with Gasteiger partial charge in [-0.2, -0.15) is 0 Å². The molecule has 0 aliphatic heterocycles. The number of H-pyrrole nitrogens is 1. The van der Waals surface area contributed by atoms with Gasteiger partial charge in [0, 0.05) is 24.1 Å². The Hall–Kier alpha value is -3.39. The van der Waals surface area contributed by atoms with Gasteiger partial charge in [0.15, 0.2) is 15.5 Å². The van der Waals surface area contributed by atoms with Gasteiger partial charge in [0.2, 0.25) is 0 Å². The molecule has 0 spiro atoms. The third-order valence-corrected chi connectivity index (χ3v) is 5.61. The number of hydrogen-bond acceptors (Lipinski definition) is 6. The van der Waals surface area contributed by atoms with Crippen molar-refractivity contribution in [2.24, 2.45) is 0 Å². The van der Waals surface area contributed by atoms with Gasteiger partial charge in [0.1, 0.15) is 23.9 Å². The standard InChI is InChI=1S/C22H21N3O4S/c1-3-28-17-11-16(21-24-20-5-4-10-23-22(20)25-21)12-18(13-17)29-14-15-6-8-19(9-7-15)30(2,26)27/h4-13H,3,14H2,1-2H3,(H,23,24,25). The van der Waals surface area contributed by atoms with E-state index in [1.807, 2.05) is 37.3 Å². The van der Waals surface area contributed by atoms with Crippen LogP contribution in [0.25, 0.3) is 22.6 Å². The number of rotatable bonds is 7. The Kier molecular flexibility index (Phi) is 5.41. The lowest BCUT2D eigenvalue weighted by Crippen LogP contribution is -2.00. The van der Waals surface area contributed by atoms with Gasteiger partial charge in [-0.15, -0.1) is 0 Å². The zero-order valence-electron chi connectivity index (χ0n) is 16.6. The number of benzene rings is 2. The van der Waals surface area contributed by atoms with E-state index in [0.29, 0.717) is 36.2 Å². The maximum atomic E-state index is 11.6. The average molecular weight is 423 g/mol. The van der Waals surface area contributed by atoms with Gasteiger partial charge in [0.05, 0.1) is 17.0 Å². The van der Waals surface area contributed by atoms with Crippen molar-refractivity contribution in [3.63, 3.8) is 0 Å². The van der Waals surface area contributed by atoms with E-state index in [2.05, 4.69) is 15.0 Å². The molecule has 0 fully saturated rings. The maximum Gasteiger partial charge on any atom is 0.178 e. The van der Waals surface area contributed by atoms with E-state index in [1.165, 1.54) is 6.26 Å². The first-order chi connectivity index (χ1) is 14.4. The van der Waals surface area contributed by atoms with Crippen LogP contribution in [0.2, 0.25) is 0 Å². The number of aromatic nitrogens is 3. The minimum atomic E-state index is -3.22. The molecule has 0 bridgehead atoms. The van der Waals surface area contributed by atoms with E-state index >= 15 is 0 Å². The van der Waals surface area contributed by atoms with E-state index in [1.54, 1.807) is 30.5 Å². The molecule has 0 aliphatic carbocycles. The fraction of sp³-hybridized carbons (Fsp3) is 0.182. The molecule has 1 N–H and O–H groups in total. The van der Waals surface area contributed by atoms with E-state index in [9.17, 15) is 8.42 Å². The van der Waals surface area contributed by atoms with Crippen LogP contribution in [-0.2, 0) is 16.4 Å². The summed E-state index contributed by atoms with van der Waals surface area (Å²) in [4.78, 5) is 12.3. The van der Waals surface area contributed by atoms with Gasteiger partial charge in [-0.3, -0.25) is 0 Å². The molecule has 30 heavy (non-hydrogen) atoms. The third kappa shape index (κ3) is 4.44. The lowest BCUT2D eigenvalue weighted by Gasteiger charge is -2.11. The lowest BCUT2D eigenvalue weighted by molar-refractivity contribution is 0.299. The van der Waals surface area contributed by atoms with Crippen molar-refractivity contribution in [3.8, 4) is 22.9 Å². The van der Waals surface area contributed by atoms with Gasteiger partial charge in [-0.05, 0) is 48.9 Å². The molecule has 0 saturated carbocycles. The van der Waals surface area contributed by atoms with Crippen molar-refractivity contribution in [3.05, 3.63) is 66.4 Å². The number of fused-ring (bicyclic) bond motifs is 1. The van der Waals surface area contributed by atoms with Crippen molar-refractivity contribution in [2.45, 2.75) is 18.4 Å². The molecule has 8 heteroatoms. The van der Waals surface area contributed by atoms with Crippen LogP contribution >= 0.6 is 0 Å². The van der Waals surface area contributed by atoms with Crippen LogP contribution in [0.3, 0.4) is 0 Å². The highest BCUT2D eigenvalue weighted by molar-refractivity contribution is 7.90. The van der Waals surface area contributed by atoms with Crippen LogP contribution in [0.1, 0.15) is 12.5 Å².